The molecule has 1 heterocycles. The molecule has 0 bridgehead atoms. The van der Waals surface area contributed by atoms with Gasteiger partial charge in [-0.25, -0.2) is 0 Å². The molecule has 0 spiro atoms. The van der Waals surface area contributed by atoms with Crippen LogP contribution in [0.4, 0.5) is 0 Å². The summed E-state index contributed by atoms with van der Waals surface area (Å²) in [6.07, 6.45) is 3.38. The predicted molar refractivity (Wildman–Crippen MR) is 146 cm³/mol. The monoisotopic (exact) mass is 513 g/mol. The van der Waals surface area contributed by atoms with Crippen molar-refractivity contribution in [1.82, 2.24) is 4.90 Å². The van der Waals surface area contributed by atoms with E-state index < -0.39 is 6.04 Å². The lowest BCUT2D eigenvalue weighted by atomic mass is 9.90. The normalized spacial score (nSPS) is 17.8. The first-order valence-electron chi connectivity index (χ1n) is 13.3. The van der Waals surface area contributed by atoms with Gasteiger partial charge in [0.05, 0.1) is 6.04 Å². The molecule has 1 amide bonds. The quantitative estimate of drug-likeness (QED) is 0.359. The number of carbonyl (C=O) groups excluding carboxylic acids is 3. The van der Waals surface area contributed by atoms with Crippen LogP contribution in [0.5, 0.6) is 11.5 Å². The minimum Gasteiger partial charge on any atom is -0.508 e. The molecule has 198 valence electrons. The van der Waals surface area contributed by atoms with E-state index in [0.717, 1.165) is 12.0 Å². The van der Waals surface area contributed by atoms with E-state index in [1.165, 1.54) is 17.7 Å². The van der Waals surface area contributed by atoms with Crippen LogP contribution in [-0.4, -0.2) is 38.6 Å². The maximum Gasteiger partial charge on any atom is 0.223 e. The highest BCUT2D eigenvalue weighted by atomic mass is 16.3. The molecule has 1 saturated heterocycles. The second-order valence-corrected chi connectivity index (χ2v) is 10.2. The fraction of sp³-hybridized carbons (Fsp3) is 0.344. The SMILES string of the molecule is O=C(CCCc1ccccc1)CC1C(=O)CC(CCc2ccc(O)cc2O)CC(=O)N1Cc1ccccc1. The van der Waals surface area contributed by atoms with Crippen molar-refractivity contribution in [2.45, 2.75) is 64.0 Å². The maximum atomic E-state index is 13.5. The van der Waals surface area contributed by atoms with Gasteiger partial charge in [-0.15, -0.1) is 0 Å². The molecule has 1 fully saturated rings. The standard InChI is InChI=1S/C32H35NO5/c34-27(13-7-12-23-8-3-1-4-9-23)20-29-31(37)18-25(14-15-26-16-17-28(35)21-30(26)36)19-32(38)33(29)22-24-10-5-2-6-11-24/h1-6,8-11,16-17,21,25,29,35-36H,7,12-15,18-20,22H2. The first-order chi connectivity index (χ1) is 18.4. The van der Waals surface area contributed by atoms with E-state index in [9.17, 15) is 24.6 Å². The number of nitrogens with zero attached hydrogens (tertiary/aromatic N) is 1. The number of amides is 1. The van der Waals surface area contributed by atoms with E-state index in [0.29, 0.717) is 37.8 Å². The van der Waals surface area contributed by atoms with E-state index in [4.69, 9.17) is 0 Å². The summed E-state index contributed by atoms with van der Waals surface area (Å²) in [7, 11) is 0. The summed E-state index contributed by atoms with van der Waals surface area (Å²) in [5.41, 5.74) is 2.76. The summed E-state index contributed by atoms with van der Waals surface area (Å²) in [5, 5.41) is 19.7. The van der Waals surface area contributed by atoms with Crippen molar-refractivity contribution < 1.29 is 24.6 Å². The molecular weight excluding hydrogens is 478 g/mol. The Morgan fingerprint density at radius 2 is 1.53 bits per heavy atom. The number of phenolic OH excluding ortho intramolecular Hbond substituents is 2. The Morgan fingerprint density at radius 3 is 2.21 bits per heavy atom. The number of ketones is 2. The van der Waals surface area contributed by atoms with Crippen LogP contribution in [0.1, 0.15) is 55.2 Å². The number of rotatable bonds is 11. The van der Waals surface area contributed by atoms with Crippen molar-refractivity contribution in [3.63, 3.8) is 0 Å². The van der Waals surface area contributed by atoms with Gasteiger partial charge in [-0.2, -0.15) is 0 Å². The van der Waals surface area contributed by atoms with Crippen molar-refractivity contribution in [2.75, 3.05) is 0 Å². The smallest absolute Gasteiger partial charge is 0.223 e. The fourth-order valence-corrected chi connectivity index (χ4v) is 5.19. The lowest BCUT2D eigenvalue weighted by Gasteiger charge is -2.29. The first kappa shape index (κ1) is 27.1. The van der Waals surface area contributed by atoms with E-state index in [-0.39, 0.29) is 54.2 Å². The van der Waals surface area contributed by atoms with Gasteiger partial charge in [0.25, 0.3) is 0 Å². The zero-order valence-corrected chi connectivity index (χ0v) is 21.6. The lowest BCUT2D eigenvalue weighted by Crippen LogP contribution is -2.44. The van der Waals surface area contributed by atoms with Gasteiger partial charge in [-0.3, -0.25) is 14.4 Å². The largest absolute Gasteiger partial charge is 0.508 e. The van der Waals surface area contributed by atoms with Crippen LogP contribution in [0.3, 0.4) is 0 Å². The number of carbonyl (C=O) groups is 3. The average molecular weight is 514 g/mol. The van der Waals surface area contributed by atoms with Gasteiger partial charge >= 0.3 is 0 Å². The molecule has 3 aromatic carbocycles. The Morgan fingerprint density at radius 1 is 0.842 bits per heavy atom. The summed E-state index contributed by atoms with van der Waals surface area (Å²) in [6, 6.07) is 23.2. The van der Waals surface area contributed by atoms with Gasteiger partial charge in [0.2, 0.25) is 5.91 Å². The van der Waals surface area contributed by atoms with Crippen molar-refractivity contribution in [3.05, 3.63) is 95.6 Å². The molecule has 0 radical (unpaired) electrons. The highest BCUT2D eigenvalue weighted by Gasteiger charge is 2.37. The zero-order chi connectivity index (χ0) is 26.9. The van der Waals surface area contributed by atoms with E-state index >= 15 is 0 Å². The summed E-state index contributed by atoms with van der Waals surface area (Å²) >= 11 is 0. The van der Waals surface area contributed by atoms with Crippen LogP contribution in [0.2, 0.25) is 0 Å². The third-order valence-corrected chi connectivity index (χ3v) is 7.29. The number of hydrogen-bond donors (Lipinski definition) is 2. The van der Waals surface area contributed by atoms with Gasteiger partial charge < -0.3 is 15.1 Å². The predicted octanol–water partition coefficient (Wildman–Crippen LogP) is 5.39. The van der Waals surface area contributed by atoms with Crippen molar-refractivity contribution in [2.24, 2.45) is 5.92 Å². The Hall–Kier alpha value is -3.93. The van der Waals surface area contributed by atoms with Crippen LogP contribution in [0.15, 0.2) is 78.9 Å². The number of aromatic hydroxyl groups is 2. The maximum absolute atomic E-state index is 13.5. The molecule has 1 aliphatic rings. The Balaban J connectivity index is 1.44. The second kappa shape index (κ2) is 13.0. The molecule has 2 N–H and O–H groups in total. The topological polar surface area (TPSA) is 94.9 Å². The number of likely N-dealkylation sites (tertiary alicyclic amines) is 1. The second-order valence-electron chi connectivity index (χ2n) is 10.2. The number of hydrogen-bond acceptors (Lipinski definition) is 5. The molecule has 2 unspecified atom stereocenters. The van der Waals surface area contributed by atoms with Crippen LogP contribution in [0.25, 0.3) is 0 Å². The molecule has 0 aliphatic carbocycles. The summed E-state index contributed by atoms with van der Waals surface area (Å²) < 4.78 is 0. The molecule has 6 nitrogen and oxygen atoms in total. The first-order valence-corrected chi connectivity index (χ1v) is 13.3. The third-order valence-electron chi connectivity index (χ3n) is 7.29. The molecule has 0 aromatic heterocycles. The van der Waals surface area contributed by atoms with Gasteiger partial charge in [0.1, 0.15) is 17.3 Å². The Kier molecular flexibility index (Phi) is 9.30. The van der Waals surface area contributed by atoms with E-state index in [2.05, 4.69) is 0 Å². The Bertz CT molecular complexity index is 1240. The highest BCUT2D eigenvalue weighted by Crippen LogP contribution is 2.30. The van der Waals surface area contributed by atoms with Crippen LogP contribution in [0, 0.1) is 5.92 Å². The summed E-state index contributed by atoms with van der Waals surface area (Å²) in [6.45, 7) is 0.291. The van der Waals surface area contributed by atoms with Crippen molar-refractivity contribution >= 4 is 17.5 Å². The van der Waals surface area contributed by atoms with Crippen LogP contribution >= 0.6 is 0 Å². The van der Waals surface area contributed by atoms with E-state index in [1.54, 1.807) is 11.0 Å². The van der Waals surface area contributed by atoms with Gasteiger partial charge in [-0.05, 0) is 54.4 Å². The van der Waals surface area contributed by atoms with Crippen molar-refractivity contribution in [1.29, 1.82) is 0 Å². The average Bonchev–Trinajstić information content (AvgIpc) is 3.01. The molecule has 1 aliphatic heterocycles. The number of phenols is 2. The molecule has 0 saturated carbocycles. The van der Waals surface area contributed by atoms with Gasteiger partial charge in [-0.1, -0.05) is 66.7 Å². The van der Waals surface area contributed by atoms with Gasteiger partial charge in [0.15, 0.2) is 5.78 Å². The molecule has 38 heavy (non-hydrogen) atoms. The lowest BCUT2D eigenvalue weighted by molar-refractivity contribution is -0.140. The molecule has 6 heteroatoms. The van der Waals surface area contributed by atoms with Crippen molar-refractivity contribution in [3.8, 4) is 11.5 Å². The fourth-order valence-electron chi connectivity index (χ4n) is 5.19. The zero-order valence-electron chi connectivity index (χ0n) is 21.6. The Labute approximate surface area is 223 Å². The van der Waals surface area contributed by atoms with Crippen LogP contribution in [-0.2, 0) is 33.8 Å². The number of benzene rings is 3. The molecule has 3 aromatic rings. The van der Waals surface area contributed by atoms with E-state index in [1.807, 2.05) is 60.7 Å². The number of Topliss-reactive ketones (excluding diaryl/α,β-unsaturated/α-hetero) is 2. The minimum atomic E-state index is -0.765. The molecular formula is C32H35NO5. The number of aryl methyl sites for hydroxylation is 2. The van der Waals surface area contributed by atoms with Crippen LogP contribution < -0.4 is 0 Å². The van der Waals surface area contributed by atoms with Gasteiger partial charge in [0, 0.05) is 38.3 Å². The third kappa shape index (κ3) is 7.54. The summed E-state index contributed by atoms with van der Waals surface area (Å²) in [5.74, 6) is -0.401. The highest BCUT2D eigenvalue weighted by molar-refractivity contribution is 5.95. The molecule has 2 atom stereocenters. The summed E-state index contributed by atoms with van der Waals surface area (Å²) in [4.78, 5) is 41.5. The minimum absolute atomic E-state index is 0.000884. The molecule has 4 rings (SSSR count).